The number of rotatable bonds is 5. The van der Waals surface area contributed by atoms with Gasteiger partial charge in [0.15, 0.2) is 0 Å². The minimum absolute atomic E-state index is 0.104. The quantitative estimate of drug-likeness (QED) is 0.513. The number of halogens is 2. The third-order valence-corrected chi connectivity index (χ3v) is 6.20. The van der Waals surface area contributed by atoms with Crippen molar-refractivity contribution in [2.45, 2.75) is 32.9 Å². The van der Waals surface area contributed by atoms with Gasteiger partial charge in [-0.05, 0) is 50.6 Å². The number of methoxy groups -OCH3 is 1. The topological polar surface area (TPSA) is 33.5 Å². The van der Waals surface area contributed by atoms with Crippen LogP contribution in [0.3, 0.4) is 0 Å². The monoisotopic (exact) mass is 432 g/mol. The Bertz CT molecular complexity index is 1020. The molecule has 0 amide bonds. The maximum Gasteiger partial charge on any atom is 0.211 e. The molecule has 1 unspecified atom stereocenters. The van der Waals surface area contributed by atoms with Crippen LogP contribution < -0.4 is 9.80 Å². The normalized spacial score (nSPS) is 16.7. The van der Waals surface area contributed by atoms with Crippen molar-refractivity contribution >= 4 is 51.6 Å². The molecule has 7 heteroatoms. The minimum Gasteiger partial charge on any atom is -0.380 e. The van der Waals surface area contributed by atoms with Crippen molar-refractivity contribution in [2.75, 3.05) is 36.5 Å². The highest BCUT2D eigenvalue weighted by Crippen LogP contribution is 2.39. The zero-order valence-corrected chi connectivity index (χ0v) is 18.5. The van der Waals surface area contributed by atoms with E-state index in [4.69, 9.17) is 32.9 Å². The third kappa shape index (κ3) is 3.67. The molecule has 0 bridgehead atoms. The Kier molecular flexibility index (Phi) is 5.91. The van der Waals surface area contributed by atoms with E-state index < -0.39 is 0 Å². The molecule has 1 aromatic heterocycles. The largest absolute Gasteiger partial charge is 0.380 e. The number of para-hydroxylation sites is 1. The number of anilines is 3. The summed E-state index contributed by atoms with van der Waals surface area (Å²) in [6.07, 6.45) is 0.986. The van der Waals surface area contributed by atoms with Gasteiger partial charge < -0.3 is 19.1 Å². The van der Waals surface area contributed by atoms with E-state index in [1.807, 2.05) is 12.1 Å². The summed E-state index contributed by atoms with van der Waals surface area (Å²) in [5, 5.41) is 1.25. The van der Waals surface area contributed by atoms with Gasteiger partial charge in [-0.1, -0.05) is 29.3 Å². The van der Waals surface area contributed by atoms with Gasteiger partial charge >= 0.3 is 0 Å². The molecular weight excluding hydrogens is 407 g/mol. The molecule has 3 aromatic rings. The summed E-state index contributed by atoms with van der Waals surface area (Å²) in [5.74, 6) is 0.892. The average Bonchev–Trinajstić information content (AvgIpc) is 2.98. The first kappa shape index (κ1) is 20.3. The Morgan fingerprint density at radius 2 is 1.97 bits per heavy atom. The van der Waals surface area contributed by atoms with Crippen LogP contribution in [0.15, 0.2) is 36.4 Å². The second-order valence-corrected chi connectivity index (χ2v) is 8.08. The number of hydrogen-bond acceptors (Lipinski definition) is 4. The predicted octanol–water partition coefficient (Wildman–Crippen LogP) is 5.75. The first-order valence-corrected chi connectivity index (χ1v) is 10.8. The first-order valence-electron chi connectivity index (χ1n) is 10.1. The lowest BCUT2D eigenvalue weighted by Crippen LogP contribution is -2.23. The molecule has 0 aliphatic carbocycles. The summed E-state index contributed by atoms with van der Waals surface area (Å²) in [6.45, 7) is 7.76. The van der Waals surface area contributed by atoms with Gasteiger partial charge in [0.2, 0.25) is 5.95 Å². The van der Waals surface area contributed by atoms with Gasteiger partial charge in [0.1, 0.15) is 0 Å². The van der Waals surface area contributed by atoms with Gasteiger partial charge in [-0.2, -0.15) is 0 Å². The molecule has 1 aliphatic heterocycles. The van der Waals surface area contributed by atoms with Gasteiger partial charge in [0.25, 0.3) is 0 Å². The van der Waals surface area contributed by atoms with Crippen LogP contribution in [0.25, 0.3) is 11.0 Å². The Morgan fingerprint density at radius 3 is 2.66 bits per heavy atom. The van der Waals surface area contributed by atoms with E-state index in [0.717, 1.165) is 55.3 Å². The number of nitrogens with zero attached hydrogens (tertiary/aromatic N) is 4. The Hall–Kier alpha value is -1.95. The smallest absolute Gasteiger partial charge is 0.211 e. The molecule has 4 rings (SSSR count). The van der Waals surface area contributed by atoms with Crippen LogP contribution in [0.1, 0.15) is 20.3 Å². The van der Waals surface area contributed by atoms with Crippen molar-refractivity contribution in [1.82, 2.24) is 9.55 Å². The number of imidazole rings is 1. The number of aromatic nitrogens is 2. The molecule has 2 heterocycles. The van der Waals surface area contributed by atoms with Crippen LogP contribution in [0.5, 0.6) is 0 Å². The van der Waals surface area contributed by atoms with Crippen molar-refractivity contribution in [1.29, 1.82) is 0 Å². The third-order valence-electron chi connectivity index (χ3n) is 5.67. The molecule has 1 aliphatic rings. The Balaban J connectivity index is 1.94. The summed E-state index contributed by atoms with van der Waals surface area (Å²) in [5.41, 5.74) is 4.24. The summed E-state index contributed by atoms with van der Waals surface area (Å²) in [4.78, 5) is 9.58. The van der Waals surface area contributed by atoms with E-state index >= 15 is 0 Å². The lowest BCUT2D eigenvalue weighted by molar-refractivity contribution is 0.0869. The Morgan fingerprint density at radius 1 is 1.17 bits per heavy atom. The van der Waals surface area contributed by atoms with Crippen molar-refractivity contribution in [3.63, 3.8) is 0 Å². The fourth-order valence-electron chi connectivity index (χ4n) is 4.14. The van der Waals surface area contributed by atoms with E-state index in [9.17, 15) is 0 Å². The molecule has 0 saturated heterocycles. The summed E-state index contributed by atoms with van der Waals surface area (Å²) in [7, 11) is 1.78. The molecular formula is C22H26Cl2N4O. The highest BCUT2D eigenvalue weighted by Gasteiger charge is 2.28. The predicted molar refractivity (Wildman–Crippen MR) is 122 cm³/mol. The highest BCUT2D eigenvalue weighted by atomic mass is 35.5. The maximum atomic E-state index is 6.58. The van der Waals surface area contributed by atoms with Crippen LogP contribution >= 0.6 is 23.2 Å². The molecule has 29 heavy (non-hydrogen) atoms. The fourth-order valence-corrected chi connectivity index (χ4v) is 4.65. The fraction of sp³-hybridized carbons (Fsp3) is 0.409. The van der Waals surface area contributed by atoms with E-state index in [1.54, 1.807) is 13.2 Å². The molecule has 2 aromatic carbocycles. The number of hydrogen-bond donors (Lipinski definition) is 0. The highest BCUT2D eigenvalue weighted by molar-refractivity contribution is 6.36. The van der Waals surface area contributed by atoms with Crippen LogP contribution in [-0.4, -0.2) is 42.4 Å². The molecule has 1 atom stereocenters. The van der Waals surface area contributed by atoms with E-state index in [0.29, 0.717) is 10.0 Å². The lowest BCUT2D eigenvalue weighted by atomic mass is 10.2. The van der Waals surface area contributed by atoms with Gasteiger partial charge in [-0.15, -0.1) is 0 Å². The second-order valence-electron chi connectivity index (χ2n) is 7.23. The van der Waals surface area contributed by atoms with E-state index in [-0.39, 0.29) is 6.10 Å². The number of fused-ring (bicyclic) bond motifs is 3. The standard InChI is InChI=1S/C22H26Cl2N4O/c1-4-26(5-2)20-8-6-7-18-21(20)28-14-16(29-3)11-12-27(22(28)25-18)19-10-9-15(23)13-17(19)24/h6-10,13,16H,4-5,11-12,14H2,1-3H3. The Labute approximate surface area is 181 Å². The van der Waals surface area contributed by atoms with Crippen LogP contribution in [0, 0.1) is 0 Å². The average molecular weight is 433 g/mol. The first-order chi connectivity index (χ1) is 14.1. The molecule has 0 fully saturated rings. The van der Waals surface area contributed by atoms with Crippen LogP contribution in [-0.2, 0) is 11.3 Å². The molecule has 154 valence electrons. The van der Waals surface area contributed by atoms with E-state index in [2.05, 4.69) is 46.4 Å². The maximum absolute atomic E-state index is 6.58. The molecule has 0 spiro atoms. The van der Waals surface area contributed by atoms with Crippen molar-refractivity contribution < 1.29 is 4.74 Å². The molecule has 0 N–H and O–H groups in total. The van der Waals surface area contributed by atoms with Crippen molar-refractivity contribution in [3.8, 4) is 0 Å². The van der Waals surface area contributed by atoms with Gasteiger partial charge in [-0.3, -0.25) is 0 Å². The number of ether oxygens (including phenoxy) is 1. The van der Waals surface area contributed by atoms with Crippen molar-refractivity contribution in [3.05, 3.63) is 46.4 Å². The van der Waals surface area contributed by atoms with Gasteiger partial charge in [0, 0.05) is 31.8 Å². The zero-order chi connectivity index (χ0) is 20.5. The molecule has 0 saturated carbocycles. The molecule has 0 radical (unpaired) electrons. The van der Waals surface area contributed by atoms with Crippen LogP contribution in [0.2, 0.25) is 10.0 Å². The van der Waals surface area contributed by atoms with Crippen molar-refractivity contribution in [2.24, 2.45) is 0 Å². The molecule has 5 nitrogen and oxygen atoms in total. The minimum atomic E-state index is 0.104. The SMILES string of the molecule is CCN(CC)c1cccc2nc3n(c12)CC(OC)CCN3c1ccc(Cl)cc1Cl. The van der Waals surface area contributed by atoms with Gasteiger partial charge in [0.05, 0.1) is 40.1 Å². The van der Waals surface area contributed by atoms with Crippen LogP contribution in [0.4, 0.5) is 17.3 Å². The lowest BCUT2D eigenvalue weighted by Gasteiger charge is -2.24. The second kappa shape index (κ2) is 8.42. The summed E-state index contributed by atoms with van der Waals surface area (Å²) >= 11 is 12.7. The van der Waals surface area contributed by atoms with E-state index in [1.165, 1.54) is 5.69 Å². The zero-order valence-electron chi connectivity index (χ0n) is 17.0. The van der Waals surface area contributed by atoms with Gasteiger partial charge in [-0.25, -0.2) is 4.98 Å². The summed E-state index contributed by atoms with van der Waals surface area (Å²) in [6, 6.07) is 12.0. The summed E-state index contributed by atoms with van der Waals surface area (Å²) < 4.78 is 8.08. The number of benzene rings is 2.